The lowest BCUT2D eigenvalue weighted by atomic mass is 9.94. The minimum atomic E-state index is -0.0227. The number of likely N-dealkylation sites (tertiary alicyclic amines) is 1. The highest BCUT2D eigenvalue weighted by Crippen LogP contribution is 2.37. The SMILES string of the molecule is C=C/C(=C\C)OC1CCN(C(=O)C(=C(C)C)/C(C(=C)C)=C(/N=C\C)NC2(C)CC2)C1. The van der Waals surface area contributed by atoms with Gasteiger partial charge in [-0.25, -0.2) is 4.99 Å². The van der Waals surface area contributed by atoms with Crippen LogP contribution in [0, 0.1) is 0 Å². The Labute approximate surface area is 182 Å². The second-order valence-corrected chi connectivity index (χ2v) is 8.63. The zero-order valence-electron chi connectivity index (χ0n) is 19.5. The molecule has 1 unspecified atom stereocenters. The summed E-state index contributed by atoms with van der Waals surface area (Å²) in [6.45, 7) is 21.0. The summed E-state index contributed by atoms with van der Waals surface area (Å²) in [6, 6.07) is 0. The van der Waals surface area contributed by atoms with Gasteiger partial charge < -0.3 is 15.0 Å². The summed E-state index contributed by atoms with van der Waals surface area (Å²) in [6.07, 6.45) is 8.32. The van der Waals surface area contributed by atoms with Gasteiger partial charge in [-0.05, 0) is 72.1 Å². The third kappa shape index (κ3) is 5.74. The molecule has 2 rings (SSSR count). The van der Waals surface area contributed by atoms with E-state index in [1.165, 1.54) is 0 Å². The maximum atomic E-state index is 13.6. The van der Waals surface area contributed by atoms with Gasteiger partial charge in [0, 0.05) is 35.9 Å². The standard InChI is InChI=1S/C25H37N3O2/c1-9-19(10-2)30-20-12-15-28(16-20)24(29)22(18(6)7)21(17(4)5)23(26-11-3)27-25(8)13-14-25/h9-11,20,27H,1,4,12-16H2,2-3,5-8H3/b19-10+,23-21-,26-11-. The molecule has 1 saturated carbocycles. The number of amides is 1. The number of hydrogen-bond donors (Lipinski definition) is 1. The number of ether oxygens (including phenoxy) is 1. The second kappa shape index (κ2) is 9.96. The first kappa shape index (κ1) is 23.7. The minimum Gasteiger partial charge on any atom is -0.489 e. The van der Waals surface area contributed by atoms with E-state index in [1.54, 1.807) is 12.3 Å². The Hall–Kier alpha value is -2.56. The molecule has 30 heavy (non-hydrogen) atoms. The average Bonchev–Trinajstić information content (AvgIpc) is 3.23. The van der Waals surface area contributed by atoms with Gasteiger partial charge in [-0.1, -0.05) is 18.7 Å². The zero-order chi connectivity index (χ0) is 22.5. The molecule has 0 aromatic heterocycles. The molecule has 1 aliphatic heterocycles. The third-order valence-corrected chi connectivity index (χ3v) is 5.53. The summed E-state index contributed by atoms with van der Waals surface area (Å²) in [5.41, 5.74) is 3.30. The van der Waals surface area contributed by atoms with Crippen LogP contribution in [0.15, 0.2) is 64.2 Å². The molecule has 164 valence electrons. The highest BCUT2D eigenvalue weighted by molar-refractivity contribution is 6.00. The number of rotatable bonds is 9. The molecule has 1 aliphatic carbocycles. The van der Waals surface area contributed by atoms with E-state index in [0.29, 0.717) is 18.7 Å². The van der Waals surface area contributed by atoms with Gasteiger partial charge in [0.2, 0.25) is 0 Å². The van der Waals surface area contributed by atoms with Crippen molar-refractivity contribution in [3.05, 3.63) is 59.2 Å². The molecule has 1 heterocycles. The Kier molecular flexibility index (Phi) is 7.88. The van der Waals surface area contributed by atoms with E-state index in [4.69, 9.17) is 4.74 Å². The summed E-state index contributed by atoms with van der Waals surface area (Å²) in [4.78, 5) is 20.1. The van der Waals surface area contributed by atoms with Gasteiger partial charge in [-0.15, -0.1) is 0 Å². The largest absolute Gasteiger partial charge is 0.489 e. The van der Waals surface area contributed by atoms with E-state index >= 15 is 0 Å². The Morgan fingerprint density at radius 1 is 1.23 bits per heavy atom. The molecule has 1 amide bonds. The fourth-order valence-electron chi connectivity index (χ4n) is 3.58. The van der Waals surface area contributed by atoms with Crippen molar-refractivity contribution in [1.29, 1.82) is 0 Å². The molecule has 1 N–H and O–H groups in total. The molecule has 0 bridgehead atoms. The van der Waals surface area contributed by atoms with Crippen LogP contribution < -0.4 is 5.32 Å². The molecule has 1 atom stereocenters. The van der Waals surface area contributed by atoms with Crippen LogP contribution in [0.4, 0.5) is 0 Å². The van der Waals surface area contributed by atoms with Crippen molar-refractivity contribution in [2.24, 2.45) is 4.99 Å². The van der Waals surface area contributed by atoms with Crippen LogP contribution in [0.1, 0.15) is 60.8 Å². The molecule has 2 aliphatic rings. The second-order valence-electron chi connectivity index (χ2n) is 8.63. The minimum absolute atomic E-state index is 0.00582. The van der Waals surface area contributed by atoms with E-state index in [0.717, 1.165) is 47.6 Å². The van der Waals surface area contributed by atoms with Crippen molar-refractivity contribution in [3.8, 4) is 0 Å². The fraction of sp³-hybridized carbons (Fsp3) is 0.520. The van der Waals surface area contributed by atoms with Crippen LogP contribution >= 0.6 is 0 Å². The van der Waals surface area contributed by atoms with E-state index in [1.807, 2.05) is 45.6 Å². The van der Waals surface area contributed by atoms with Gasteiger partial charge in [0.15, 0.2) is 0 Å². The van der Waals surface area contributed by atoms with Gasteiger partial charge in [-0.2, -0.15) is 0 Å². The zero-order valence-corrected chi connectivity index (χ0v) is 19.5. The molecule has 0 radical (unpaired) electrons. The van der Waals surface area contributed by atoms with E-state index < -0.39 is 0 Å². The predicted octanol–water partition coefficient (Wildman–Crippen LogP) is 5.05. The number of hydrogen-bond acceptors (Lipinski definition) is 4. The molecular weight excluding hydrogens is 374 g/mol. The number of allylic oxidation sites excluding steroid dienone is 4. The monoisotopic (exact) mass is 411 g/mol. The maximum Gasteiger partial charge on any atom is 0.254 e. The van der Waals surface area contributed by atoms with Gasteiger partial charge in [0.05, 0.1) is 6.54 Å². The number of carbonyl (C=O) groups is 1. The van der Waals surface area contributed by atoms with Crippen LogP contribution in [0.25, 0.3) is 0 Å². The summed E-state index contributed by atoms with van der Waals surface area (Å²) in [5.74, 6) is 1.48. The van der Waals surface area contributed by atoms with Gasteiger partial charge in [0.25, 0.3) is 5.91 Å². The topological polar surface area (TPSA) is 53.9 Å². The predicted molar refractivity (Wildman–Crippen MR) is 125 cm³/mol. The number of nitrogens with zero attached hydrogens (tertiary/aromatic N) is 2. The van der Waals surface area contributed by atoms with Gasteiger partial charge >= 0.3 is 0 Å². The van der Waals surface area contributed by atoms with Crippen molar-refractivity contribution in [2.45, 2.75) is 72.4 Å². The van der Waals surface area contributed by atoms with Crippen LogP contribution in [0.3, 0.4) is 0 Å². The molecular formula is C25H37N3O2. The van der Waals surface area contributed by atoms with Crippen molar-refractivity contribution in [1.82, 2.24) is 10.2 Å². The fourth-order valence-corrected chi connectivity index (χ4v) is 3.58. The molecule has 5 heteroatoms. The quantitative estimate of drug-likeness (QED) is 0.250. The Morgan fingerprint density at radius 2 is 1.90 bits per heavy atom. The van der Waals surface area contributed by atoms with Gasteiger partial charge in [-0.3, -0.25) is 4.79 Å². The Morgan fingerprint density at radius 3 is 2.37 bits per heavy atom. The molecule has 0 aromatic carbocycles. The first-order chi connectivity index (χ1) is 14.2. The Bertz CT molecular complexity index is 821. The highest BCUT2D eigenvalue weighted by atomic mass is 16.5. The highest BCUT2D eigenvalue weighted by Gasteiger charge is 2.39. The van der Waals surface area contributed by atoms with Crippen LogP contribution in [0.5, 0.6) is 0 Å². The first-order valence-electron chi connectivity index (χ1n) is 10.7. The lowest BCUT2D eigenvalue weighted by molar-refractivity contribution is -0.126. The van der Waals surface area contributed by atoms with Crippen molar-refractivity contribution in [2.75, 3.05) is 13.1 Å². The normalized spacial score (nSPS) is 21.2. The molecule has 0 spiro atoms. The molecule has 1 saturated heterocycles. The lowest BCUT2D eigenvalue weighted by Gasteiger charge is -2.24. The summed E-state index contributed by atoms with van der Waals surface area (Å²) in [7, 11) is 0. The van der Waals surface area contributed by atoms with Crippen LogP contribution in [0.2, 0.25) is 0 Å². The molecule has 2 fully saturated rings. The third-order valence-electron chi connectivity index (χ3n) is 5.53. The smallest absolute Gasteiger partial charge is 0.254 e. The number of carbonyl (C=O) groups excluding carboxylic acids is 1. The van der Waals surface area contributed by atoms with E-state index in [2.05, 4.69) is 30.4 Å². The first-order valence-corrected chi connectivity index (χ1v) is 10.7. The lowest BCUT2D eigenvalue weighted by Crippen LogP contribution is -2.34. The number of nitrogens with one attached hydrogen (secondary N) is 1. The molecule has 5 nitrogen and oxygen atoms in total. The van der Waals surface area contributed by atoms with E-state index in [-0.39, 0.29) is 17.6 Å². The number of aliphatic imine (C=N–C) groups is 1. The average molecular weight is 412 g/mol. The van der Waals surface area contributed by atoms with Crippen LogP contribution in [-0.4, -0.2) is 41.8 Å². The van der Waals surface area contributed by atoms with Crippen molar-refractivity contribution >= 4 is 12.1 Å². The van der Waals surface area contributed by atoms with E-state index in [9.17, 15) is 4.79 Å². The summed E-state index contributed by atoms with van der Waals surface area (Å²) in [5, 5.41) is 3.55. The Balaban J connectivity index is 2.35. The van der Waals surface area contributed by atoms with Gasteiger partial charge in [0.1, 0.15) is 17.7 Å². The summed E-state index contributed by atoms with van der Waals surface area (Å²) < 4.78 is 5.97. The van der Waals surface area contributed by atoms with Crippen molar-refractivity contribution < 1.29 is 9.53 Å². The molecule has 0 aromatic rings. The van der Waals surface area contributed by atoms with Crippen molar-refractivity contribution in [3.63, 3.8) is 0 Å². The summed E-state index contributed by atoms with van der Waals surface area (Å²) >= 11 is 0. The maximum absolute atomic E-state index is 13.6. The van der Waals surface area contributed by atoms with Crippen LogP contribution in [-0.2, 0) is 9.53 Å².